The van der Waals surface area contributed by atoms with Gasteiger partial charge in [-0.25, -0.2) is 0 Å². The fraction of sp³-hybridized carbons (Fsp3) is 0.882. The van der Waals surface area contributed by atoms with E-state index in [1.807, 2.05) is 4.90 Å². The van der Waals surface area contributed by atoms with Gasteiger partial charge in [0.2, 0.25) is 11.8 Å². The third-order valence-electron chi connectivity index (χ3n) is 6.33. The molecule has 0 unspecified atom stereocenters. The van der Waals surface area contributed by atoms with E-state index in [0.29, 0.717) is 49.2 Å². The quantitative estimate of drug-likeness (QED) is 0.846. The molecule has 4 saturated heterocycles. The smallest absolute Gasteiger partial charge is 0.224 e. The minimum Gasteiger partial charge on any atom is -0.342 e. The minimum atomic E-state index is 0.246. The predicted octanol–water partition coefficient (Wildman–Crippen LogP) is 0.988. The standard InChI is InChI=1S/C17H27N3O2/c21-16-4-2-1-3-8-19(16)9-7-17(22)20-14-5-6-15(20)13-11-18-10-12(13)14/h12-15,18H,1-11H2/t12-,13+,14-,15+. The first-order valence-corrected chi connectivity index (χ1v) is 9.05. The van der Waals surface area contributed by atoms with Crippen LogP contribution in [0, 0.1) is 11.8 Å². The number of amides is 2. The summed E-state index contributed by atoms with van der Waals surface area (Å²) in [5.41, 5.74) is 0. The highest BCUT2D eigenvalue weighted by Crippen LogP contribution is 2.47. The van der Waals surface area contributed by atoms with Crippen molar-refractivity contribution in [2.75, 3.05) is 26.2 Å². The van der Waals surface area contributed by atoms with E-state index in [9.17, 15) is 9.59 Å². The maximum Gasteiger partial charge on any atom is 0.224 e. The Kier molecular flexibility index (Phi) is 3.84. The molecule has 4 atom stereocenters. The van der Waals surface area contributed by atoms with Crippen LogP contribution in [0.4, 0.5) is 0 Å². The summed E-state index contributed by atoms with van der Waals surface area (Å²) in [4.78, 5) is 28.9. The first-order valence-electron chi connectivity index (χ1n) is 9.05. The van der Waals surface area contributed by atoms with E-state index >= 15 is 0 Å². The van der Waals surface area contributed by atoms with Crippen LogP contribution in [-0.4, -0.2) is 59.9 Å². The molecule has 2 bridgehead atoms. The molecular formula is C17H27N3O2. The molecule has 122 valence electrons. The van der Waals surface area contributed by atoms with Crippen molar-refractivity contribution in [3.05, 3.63) is 0 Å². The Hall–Kier alpha value is -1.10. The predicted molar refractivity (Wildman–Crippen MR) is 83.2 cm³/mol. The minimum absolute atomic E-state index is 0.246. The molecule has 1 N–H and O–H groups in total. The molecule has 4 rings (SSSR count). The van der Waals surface area contributed by atoms with Crippen molar-refractivity contribution in [2.45, 2.75) is 57.0 Å². The monoisotopic (exact) mass is 305 g/mol. The van der Waals surface area contributed by atoms with Crippen LogP contribution < -0.4 is 5.32 Å². The third-order valence-corrected chi connectivity index (χ3v) is 6.33. The van der Waals surface area contributed by atoms with Crippen LogP contribution in [0.25, 0.3) is 0 Å². The van der Waals surface area contributed by atoms with Gasteiger partial charge < -0.3 is 15.1 Å². The van der Waals surface area contributed by atoms with Crippen molar-refractivity contribution in [3.63, 3.8) is 0 Å². The summed E-state index contributed by atoms with van der Waals surface area (Å²) in [5.74, 6) is 1.90. The van der Waals surface area contributed by atoms with Gasteiger partial charge >= 0.3 is 0 Å². The molecule has 0 spiro atoms. The number of fused-ring (bicyclic) bond motifs is 5. The summed E-state index contributed by atoms with van der Waals surface area (Å²) >= 11 is 0. The van der Waals surface area contributed by atoms with Crippen LogP contribution in [0.1, 0.15) is 44.9 Å². The number of hydrogen-bond donors (Lipinski definition) is 1. The number of nitrogens with zero attached hydrogens (tertiary/aromatic N) is 2. The second-order valence-electron chi connectivity index (χ2n) is 7.44. The lowest BCUT2D eigenvalue weighted by Crippen LogP contribution is -2.41. The Labute approximate surface area is 132 Å². The van der Waals surface area contributed by atoms with Crippen LogP contribution in [0.5, 0.6) is 0 Å². The van der Waals surface area contributed by atoms with Crippen LogP contribution >= 0.6 is 0 Å². The molecule has 4 heterocycles. The Bertz CT molecular complexity index is 449. The van der Waals surface area contributed by atoms with Crippen molar-refractivity contribution >= 4 is 11.8 Å². The Balaban J connectivity index is 1.36. The molecule has 4 aliphatic rings. The molecule has 0 aromatic rings. The molecule has 5 heteroatoms. The molecule has 0 saturated carbocycles. The average molecular weight is 305 g/mol. The average Bonchev–Trinajstić information content (AvgIpc) is 3.16. The fourth-order valence-electron chi connectivity index (χ4n) is 5.27. The van der Waals surface area contributed by atoms with E-state index in [1.54, 1.807) is 0 Å². The first-order chi connectivity index (χ1) is 10.8. The molecule has 4 aliphatic heterocycles. The van der Waals surface area contributed by atoms with Gasteiger partial charge in [0.05, 0.1) is 0 Å². The van der Waals surface area contributed by atoms with E-state index in [-0.39, 0.29) is 5.91 Å². The van der Waals surface area contributed by atoms with E-state index < -0.39 is 0 Å². The lowest BCUT2D eigenvalue weighted by atomic mass is 9.82. The highest BCUT2D eigenvalue weighted by atomic mass is 16.2. The number of hydrogen-bond acceptors (Lipinski definition) is 3. The van der Waals surface area contributed by atoms with Crippen molar-refractivity contribution in [1.82, 2.24) is 15.1 Å². The Morgan fingerprint density at radius 2 is 1.82 bits per heavy atom. The van der Waals surface area contributed by atoms with E-state index in [2.05, 4.69) is 10.2 Å². The third kappa shape index (κ3) is 2.34. The van der Waals surface area contributed by atoms with Gasteiger partial charge in [-0.05, 0) is 37.5 Å². The Morgan fingerprint density at radius 1 is 1.09 bits per heavy atom. The number of likely N-dealkylation sites (tertiary alicyclic amines) is 1. The van der Waals surface area contributed by atoms with Crippen LogP contribution in [0.3, 0.4) is 0 Å². The maximum atomic E-state index is 12.7. The summed E-state index contributed by atoms with van der Waals surface area (Å²) in [5, 5.41) is 3.49. The van der Waals surface area contributed by atoms with Gasteiger partial charge in [-0.15, -0.1) is 0 Å². The summed E-state index contributed by atoms with van der Waals surface area (Å²) in [6.45, 7) is 3.63. The molecule has 0 radical (unpaired) electrons. The number of rotatable bonds is 3. The van der Waals surface area contributed by atoms with Gasteiger partial charge in [-0.3, -0.25) is 9.59 Å². The molecule has 2 amide bonds. The first kappa shape index (κ1) is 14.5. The molecule has 0 aliphatic carbocycles. The normalized spacial score (nSPS) is 37.5. The highest BCUT2D eigenvalue weighted by Gasteiger charge is 2.55. The van der Waals surface area contributed by atoms with Crippen LogP contribution in [0.2, 0.25) is 0 Å². The van der Waals surface area contributed by atoms with Crippen LogP contribution in [-0.2, 0) is 9.59 Å². The molecule has 0 aromatic carbocycles. The molecular weight excluding hydrogens is 278 g/mol. The van der Waals surface area contributed by atoms with Crippen molar-refractivity contribution < 1.29 is 9.59 Å². The number of nitrogens with one attached hydrogen (secondary N) is 1. The van der Waals surface area contributed by atoms with Gasteiger partial charge in [0, 0.05) is 51.1 Å². The van der Waals surface area contributed by atoms with Gasteiger partial charge in [-0.1, -0.05) is 6.42 Å². The number of carbonyl (C=O) groups is 2. The summed E-state index contributed by atoms with van der Waals surface area (Å²) < 4.78 is 0. The Morgan fingerprint density at radius 3 is 2.55 bits per heavy atom. The molecule has 22 heavy (non-hydrogen) atoms. The molecule has 5 nitrogen and oxygen atoms in total. The van der Waals surface area contributed by atoms with Crippen molar-refractivity contribution in [3.8, 4) is 0 Å². The van der Waals surface area contributed by atoms with Gasteiger partial charge in [0.15, 0.2) is 0 Å². The maximum absolute atomic E-state index is 12.7. The lowest BCUT2D eigenvalue weighted by molar-refractivity contribution is -0.135. The largest absolute Gasteiger partial charge is 0.342 e. The fourth-order valence-corrected chi connectivity index (χ4v) is 5.27. The molecule has 0 aromatic heterocycles. The van der Waals surface area contributed by atoms with Gasteiger partial charge in [0.25, 0.3) is 0 Å². The van der Waals surface area contributed by atoms with Crippen LogP contribution in [0.15, 0.2) is 0 Å². The lowest BCUT2D eigenvalue weighted by Gasteiger charge is -2.27. The zero-order chi connectivity index (χ0) is 15.1. The van der Waals surface area contributed by atoms with E-state index in [4.69, 9.17) is 0 Å². The van der Waals surface area contributed by atoms with E-state index in [0.717, 1.165) is 38.9 Å². The molecule has 4 fully saturated rings. The number of carbonyl (C=O) groups excluding carboxylic acids is 2. The van der Waals surface area contributed by atoms with Gasteiger partial charge in [-0.2, -0.15) is 0 Å². The zero-order valence-electron chi connectivity index (χ0n) is 13.3. The second kappa shape index (κ2) is 5.84. The summed E-state index contributed by atoms with van der Waals surface area (Å²) in [7, 11) is 0. The zero-order valence-corrected chi connectivity index (χ0v) is 13.3. The van der Waals surface area contributed by atoms with Gasteiger partial charge in [0.1, 0.15) is 0 Å². The topological polar surface area (TPSA) is 52.7 Å². The summed E-state index contributed by atoms with van der Waals surface area (Å²) in [6, 6.07) is 0.940. The van der Waals surface area contributed by atoms with Crippen molar-refractivity contribution in [2.24, 2.45) is 11.8 Å². The highest BCUT2D eigenvalue weighted by molar-refractivity contribution is 5.80. The summed E-state index contributed by atoms with van der Waals surface area (Å²) in [6.07, 6.45) is 6.79. The SMILES string of the molecule is O=C1CCCCCN1CCC(=O)N1[C@@H]2CC[C@H]1[C@H]1CNC[C@H]12. The second-order valence-corrected chi connectivity index (χ2v) is 7.44. The van der Waals surface area contributed by atoms with Crippen molar-refractivity contribution in [1.29, 1.82) is 0 Å². The van der Waals surface area contributed by atoms with E-state index in [1.165, 1.54) is 12.8 Å².